The standard InChI is InChI=1S/C31H34N6O2S/c1-24-8-6-9-27(39-23-7-18-36-19-21-37(22-20-36)28-10-2-4-16-32-28)30(24)35-31(38)34-25-12-14-26(15-13-25)40-29-11-3-5-17-33-29/h2-6,8-17H,7,18-23H2,1H3,(H2,34,35,38). The minimum absolute atomic E-state index is 0.310. The van der Waals surface area contributed by atoms with Crippen molar-refractivity contribution in [3.63, 3.8) is 0 Å². The summed E-state index contributed by atoms with van der Waals surface area (Å²) >= 11 is 1.58. The van der Waals surface area contributed by atoms with Crippen molar-refractivity contribution in [3.8, 4) is 5.75 Å². The van der Waals surface area contributed by atoms with Gasteiger partial charge in [-0.2, -0.15) is 0 Å². The number of hydrogen-bond donors (Lipinski definition) is 2. The van der Waals surface area contributed by atoms with Crippen LogP contribution in [0.3, 0.4) is 0 Å². The molecule has 2 amide bonds. The maximum atomic E-state index is 12.8. The van der Waals surface area contributed by atoms with E-state index in [2.05, 4.69) is 36.5 Å². The molecule has 9 heteroatoms. The van der Waals surface area contributed by atoms with Gasteiger partial charge in [0.05, 0.1) is 12.3 Å². The van der Waals surface area contributed by atoms with Crippen molar-refractivity contribution < 1.29 is 9.53 Å². The number of carbonyl (C=O) groups excluding carboxylic acids is 1. The van der Waals surface area contributed by atoms with Crippen LogP contribution in [-0.4, -0.2) is 60.2 Å². The number of nitrogens with zero attached hydrogens (tertiary/aromatic N) is 4. The van der Waals surface area contributed by atoms with Crippen LogP contribution in [0.2, 0.25) is 0 Å². The third kappa shape index (κ3) is 7.74. The van der Waals surface area contributed by atoms with Crippen LogP contribution in [0, 0.1) is 6.92 Å². The molecule has 1 saturated heterocycles. The Morgan fingerprint density at radius 3 is 2.38 bits per heavy atom. The van der Waals surface area contributed by atoms with E-state index in [1.54, 1.807) is 18.0 Å². The second kappa shape index (κ2) is 13.8. The third-order valence-corrected chi connectivity index (χ3v) is 7.63. The molecule has 5 rings (SSSR count). The highest BCUT2D eigenvalue weighted by molar-refractivity contribution is 7.99. The smallest absolute Gasteiger partial charge is 0.323 e. The van der Waals surface area contributed by atoms with Gasteiger partial charge in [0, 0.05) is 55.7 Å². The molecular formula is C31H34N6O2S. The number of aryl methyl sites for hydroxylation is 1. The van der Waals surface area contributed by atoms with E-state index in [4.69, 9.17) is 4.74 Å². The highest BCUT2D eigenvalue weighted by atomic mass is 32.2. The van der Waals surface area contributed by atoms with Crippen molar-refractivity contribution in [1.29, 1.82) is 0 Å². The largest absolute Gasteiger partial charge is 0.491 e. The van der Waals surface area contributed by atoms with Crippen molar-refractivity contribution in [2.75, 3.05) is 54.9 Å². The molecule has 0 spiro atoms. The minimum atomic E-state index is -0.310. The van der Waals surface area contributed by atoms with Crippen molar-refractivity contribution >= 4 is 35.0 Å². The van der Waals surface area contributed by atoms with Crippen molar-refractivity contribution in [2.24, 2.45) is 0 Å². The Kier molecular flexibility index (Phi) is 9.50. The van der Waals surface area contributed by atoms with Crippen LogP contribution in [0.15, 0.2) is 101 Å². The molecule has 0 bridgehead atoms. The van der Waals surface area contributed by atoms with Crippen LogP contribution in [0.1, 0.15) is 12.0 Å². The number of benzene rings is 2. The van der Waals surface area contributed by atoms with E-state index < -0.39 is 0 Å². The summed E-state index contributed by atoms with van der Waals surface area (Å²) in [6.07, 6.45) is 4.53. The van der Waals surface area contributed by atoms with E-state index >= 15 is 0 Å². The molecule has 2 aromatic heterocycles. The Labute approximate surface area is 239 Å². The number of aromatic nitrogens is 2. The predicted octanol–water partition coefficient (Wildman–Crippen LogP) is 6.17. The number of anilines is 3. The number of piperazine rings is 1. The number of pyridine rings is 2. The van der Waals surface area contributed by atoms with Gasteiger partial charge in [-0.1, -0.05) is 36.0 Å². The summed E-state index contributed by atoms with van der Waals surface area (Å²) < 4.78 is 6.12. The fourth-order valence-corrected chi connectivity index (χ4v) is 5.32. The fraction of sp³-hybridized carbons (Fsp3) is 0.258. The van der Waals surface area contributed by atoms with Crippen LogP contribution in [0.4, 0.5) is 22.0 Å². The van der Waals surface area contributed by atoms with E-state index in [1.165, 1.54) is 0 Å². The lowest BCUT2D eigenvalue weighted by molar-refractivity contribution is 0.224. The topological polar surface area (TPSA) is 82.6 Å². The van der Waals surface area contributed by atoms with Crippen LogP contribution in [0.5, 0.6) is 5.75 Å². The van der Waals surface area contributed by atoms with Crippen LogP contribution in [0.25, 0.3) is 0 Å². The van der Waals surface area contributed by atoms with Crippen molar-refractivity contribution in [3.05, 3.63) is 96.8 Å². The Morgan fingerprint density at radius 2 is 1.65 bits per heavy atom. The zero-order valence-corrected chi connectivity index (χ0v) is 23.4. The molecule has 1 fully saturated rings. The summed E-state index contributed by atoms with van der Waals surface area (Å²) in [5.74, 6) is 1.72. The SMILES string of the molecule is Cc1cccc(OCCCN2CCN(c3ccccn3)CC2)c1NC(=O)Nc1ccc(Sc2ccccn2)cc1. The number of para-hydroxylation sites is 1. The van der Waals surface area contributed by atoms with E-state index in [-0.39, 0.29) is 6.03 Å². The number of rotatable bonds is 10. The highest BCUT2D eigenvalue weighted by Crippen LogP contribution is 2.29. The van der Waals surface area contributed by atoms with E-state index in [0.717, 1.165) is 60.4 Å². The zero-order chi connectivity index (χ0) is 27.6. The van der Waals surface area contributed by atoms with Crippen molar-refractivity contribution in [1.82, 2.24) is 14.9 Å². The average molecular weight is 555 g/mol. The second-order valence-corrected chi connectivity index (χ2v) is 10.6. The molecular weight excluding hydrogens is 520 g/mol. The van der Waals surface area contributed by atoms with Gasteiger partial charge >= 0.3 is 6.03 Å². The van der Waals surface area contributed by atoms with Gasteiger partial charge < -0.3 is 20.3 Å². The molecule has 4 aromatic rings. The fourth-order valence-electron chi connectivity index (χ4n) is 4.54. The predicted molar refractivity (Wildman–Crippen MR) is 162 cm³/mol. The maximum Gasteiger partial charge on any atom is 0.323 e. The molecule has 206 valence electrons. The highest BCUT2D eigenvalue weighted by Gasteiger charge is 2.17. The summed E-state index contributed by atoms with van der Waals surface area (Å²) in [6.45, 7) is 7.49. The molecule has 3 heterocycles. The lowest BCUT2D eigenvalue weighted by Gasteiger charge is -2.35. The Bertz CT molecular complexity index is 1360. The Morgan fingerprint density at radius 1 is 0.875 bits per heavy atom. The average Bonchev–Trinajstić information content (AvgIpc) is 2.99. The number of ether oxygens (including phenoxy) is 1. The number of urea groups is 1. The molecule has 2 N–H and O–H groups in total. The van der Waals surface area contributed by atoms with Gasteiger partial charge in [-0.15, -0.1) is 0 Å². The number of carbonyl (C=O) groups is 1. The van der Waals surface area contributed by atoms with Gasteiger partial charge in [-0.25, -0.2) is 14.8 Å². The lowest BCUT2D eigenvalue weighted by Crippen LogP contribution is -2.47. The Balaban J connectivity index is 1.07. The van der Waals surface area contributed by atoms with E-state index in [9.17, 15) is 4.79 Å². The Hall–Kier alpha value is -4.08. The lowest BCUT2D eigenvalue weighted by atomic mass is 10.2. The van der Waals surface area contributed by atoms with E-state index in [0.29, 0.717) is 23.7 Å². The summed E-state index contributed by atoms with van der Waals surface area (Å²) in [5.41, 5.74) is 2.34. The van der Waals surface area contributed by atoms with Crippen LogP contribution in [-0.2, 0) is 0 Å². The molecule has 0 unspecified atom stereocenters. The molecule has 0 atom stereocenters. The minimum Gasteiger partial charge on any atom is -0.491 e. The molecule has 0 aliphatic carbocycles. The maximum absolute atomic E-state index is 12.8. The summed E-state index contributed by atoms with van der Waals surface area (Å²) in [4.78, 5) is 27.5. The summed E-state index contributed by atoms with van der Waals surface area (Å²) in [6, 6.07) is 25.1. The zero-order valence-electron chi connectivity index (χ0n) is 22.6. The van der Waals surface area contributed by atoms with Crippen LogP contribution < -0.4 is 20.3 Å². The normalized spacial score (nSPS) is 13.6. The van der Waals surface area contributed by atoms with Gasteiger partial charge in [0.15, 0.2) is 0 Å². The molecule has 40 heavy (non-hydrogen) atoms. The van der Waals surface area contributed by atoms with Gasteiger partial charge in [-0.3, -0.25) is 4.90 Å². The quantitative estimate of drug-likeness (QED) is 0.227. The molecule has 1 aliphatic rings. The first-order valence-electron chi connectivity index (χ1n) is 13.5. The molecule has 0 radical (unpaired) electrons. The van der Waals surface area contributed by atoms with Gasteiger partial charge in [0.25, 0.3) is 0 Å². The number of hydrogen-bond acceptors (Lipinski definition) is 7. The van der Waals surface area contributed by atoms with Gasteiger partial charge in [0.1, 0.15) is 16.6 Å². The molecule has 8 nitrogen and oxygen atoms in total. The molecule has 0 saturated carbocycles. The summed E-state index contributed by atoms with van der Waals surface area (Å²) in [5, 5.41) is 6.82. The first-order valence-corrected chi connectivity index (χ1v) is 14.3. The van der Waals surface area contributed by atoms with Gasteiger partial charge in [-0.05, 0) is 73.5 Å². The van der Waals surface area contributed by atoms with E-state index in [1.807, 2.05) is 85.9 Å². The van der Waals surface area contributed by atoms with Gasteiger partial charge in [0.2, 0.25) is 0 Å². The summed E-state index contributed by atoms with van der Waals surface area (Å²) in [7, 11) is 0. The van der Waals surface area contributed by atoms with Crippen LogP contribution >= 0.6 is 11.8 Å². The first-order chi connectivity index (χ1) is 19.6. The second-order valence-electron chi connectivity index (χ2n) is 9.54. The number of nitrogens with one attached hydrogen (secondary N) is 2. The number of amides is 2. The van der Waals surface area contributed by atoms with Crippen molar-refractivity contribution in [2.45, 2.75) is 23.3 Å². The third-order valence-electron chi connectivity index (χ3n) is 6.67. The monoisotopic (exact) mass is 554 g/mol. The molecule has 1 aliphatic heterocycles. The molecule has 2 aromatic carbocycles. The first kappa shape index (κ1) is 27.5.